The number of aryl methyl sites for hydroxylation is 2. The largest absolute Gasteiger partial charge is 0.398 e. The molecule has 0 bridgehead atoms. The quantitative estimate of drug-likeness (QED) is 0.141. The van der Waals surface area contributed by atoms with Crippen LogP contribution in [0.3, 0.4) is 0 Å². The molecule has 4 rings (SSSR count). The lowest BCUT2D eigenvalue weighted by molar-refractivity contribution is -0.138. The van der Waals surface area contributed by atoms with Crippen LogP contribution in [-0.2, 0) is 9.59 Å². The van der Waals surface area contributed by atoms with E-state index in [0.717, 1.165) is 58.9 Å². The van der Waals surface area contributed by atoms with Crippen LogP contribution >= 0.6 is 24.8 Å². The standard InChI is InChI=1S/C31H38N6O2.2ClH/c1-5-7-13-31(14-8-6-2,29(38)36-21-9-11-27-23(17-21)25(32)15-19(3)34-27)30(39)37-22-10-12-28-24(18-22)26(33)16-20(4)35-28;;/h9-12,15-18H,5-8,13-14H2,1-4H3,(H2,32,34)(H2,33,35)(H,36,38)(H,37,39);2*1H. The zero-order valence-electron chi connectivity index (χ0n) is 24.0. The number of nitrogens with zero attached hydrogens (tertiary/aromatic N) is 2. The smallest absolute Gasteiger partial charge is 0.240 e. The Balaban J connectivity index is 0.00000294. The fourth-order valence-corrected chi connectivity index (χ4v) is 5.08. The van der Waals surface area contributed by atoms with Crippen LogP contribution in [0.1, 0.15) is 63.8 Å². The molecule has 2 aromatic heterocycles. The summed E-state index contributed by atoms with van der Waals surface area (Å²) in [6, 6.07) is 14.5. The molecular formula is C31H40Cl2N6O2. The Morgan fingerprint density at radius 2 is 1.10 bits per heavy atom. The number of pyridine rings is 2. The van der Waals surface area contributed by atoms with E-state index in [4.69, 9.17) is 11.5 Å². The molecule has 6 N–H and O–H groups in total. The first-order valence-electron chi connectivity index (χ1n) is 13.6. The summed E-state index contributed by atoms with van der Waals surface area (Å²) in [5.74, 6) is -0.644. The molecule has 2 heterocycles. The fraction of sp³-hybridized carbons (Fsp3) is 0.355. The Bertz CT molecular complexity index is 1430. The van der Waals surface area contributed by atoms with Gasteiger partial charge in [0.05, 0.1) is 11.0 Å². The lowest BCUT2D eigenvalue weighted by atomic mass is 9.76. The van der Waals surface area contributed by atoms with E-state index in [1.807, 2.05) is 38.1 Å². The second-order valence-electron chi connectivity index (χ2n) is 10.4. The fourth-order valence-electron chi connectivity index (χ4n) is 5.08. The number of anilines is 4. The Hall–Kier alpha value is -3.62. The highest BCUT2D eigenvalue weighted by Gasteiger charge is 2.44. The van der Waals surface area contributed by atoms with E-state index in [2.05, 4.69) is 34.4 Å². The number of nitrogen functional groups attached to an aromatic ring is 2. The van der Waals surface area contributed by atoms with Crippen molar-refractivity contribution >= 4 is 81.2 Å². The van der Waals surface area contributed by atoms with Crippen LogP contribution in [-0.4, -0.2) is 21.8 Å². The van der Waals surface area contributed by atoms with Crippen molar-refractivity contribution in [1.82, 2.24) is 9.97 Å². The molecule has 10 heteroatoms. The van der Waals surface area contributed by atoms with Crippen molar-refractivity contribution in [3.63, 3.8) is 0 Å². The molecule has 0 saturated heterocycles. The third-order valence-corrected chi connectivity index (χ3v) is 7.24. The van der Waals surface area contributed by atoms with Gasteiger partial charge in [0.15, 0.2) is 0 Å². The number of unbranched alkanes of at least 4 members (excludes halogenated alkanes) is 2. The predicted molar refractivity (Wildman–Crippen MR) is 175 cm³/mol. The molecule has 0 spiro atoms. The van der Waals surface area contributed by atoms with Crippen molar-refractivity contribution in [3.8, 4) is 0 Å². The van der Waals surface area contributed by atoms with Crippen LogP contribution in [0.15, 0.2) is 48.5 Å². The molecule has 220 valence electrons. The summed E-state index contributed by atoms with van der Waals surface area (Å²) in [7, 11) is 0. The maximum Gasteiger partial charge on any atom is 0.240 e. The topological polar surface area (TPSA) is 136 Å². The molecule has 0 aliphatic heterocycles. The molecule has 0 saturated carbocycles. The zero-order valence-corrected chi connectivity index (χ0v) is 25.7. The molecule has 4 aromatic rings. The van der Waals surface area contributed by atoms with Gasteiger partial charge >= 0.3 is 0 Å². The summed E-state index contributed by atoms with van der Waals surface area (Å²) < 4.78 is 0. The van der Waals surface area contributed by atoms with Crippen molar-refractivity contribution in [1.29, 1.82) is 0 Å². The number of nitrogens with two attached hydrogens (primary N) is 2. The minimum atomic E-state index is -1.25. The van der Waals surface area contributed by atoms with Gasteiger partial charge in [-0.15, -0.1) is 24.8 Å². The van der Waals surface area contributed by atoms with E-state index in [1.54, 1.807) is 24.3 Å². The van der Waals surface area contributed by atoms with Crippen LogP contribution in [0.25, 0.3) is 21.8 Å². The molecular weight excluding hydrogens is 559 g/mol. The van der Waals surface area contributed by atoms with Crippen LogP contribution < -0.4 is 22.1 Å². The van der Waals surface area contributed by atoms with Gasteiger partial charge in [0.2, 0.25) is 11.8 Å². The number of halogens is 2. The van der Waals surface area contributed by atoms with Gasteiger partial charge in [-0.1, -0.05) is 39.5 Å². The van der Waals surface area contributed by atoms with E-state index in [0.29, 0.717) is 35.6 Å². The molecule has 2 amide bonds. The first kappa shape index (κ1) is 33.6. The SMILES string of the molecule is CCCCC(CCCC)(C(=O)Nc1ccc2nc(C)cc(N)c2c1)C(=O)Nc1ccc2nc(C)cc(N)c2c1.Cl.Cl. The molecule has 0 fully saturated rings. The van der Waals surface area contributed by atoms with Crippen molar-refractivity contribution < 1.29 is 9.59 Å². The molecule has 0 aliphatic rings. The Labute approximate surface area is 253 Å². The van der Waals surface area contributed by atoms with E-state index in [-0.39, 0.29) is 36.6 Å². The number of aromatic nitrogens is 2. The number of benzene rings is 2. The number of rotatable bonds is 10. The summed E-state index contributed by atoms with van der Waals surface area (Å²) in [6.45, 7) is 7.90. The van der Waals surface area contributed by atoms with Crippen molar-refractivity contribution in [2.45, 2.75) is 66.2 Å². The van der Waals surface area contributed by atoms with Crippen LogP contribution in [0.2, 0.25) is 0 Å². The van der Waals surface area contributed by atoms with Crippen molar-refractivity contribution in [3.05, 3.63) is 59.9 Å². The molecule has 41 heavy (non-hydrogen) atoms. The highest BCUT2D eigenvalue weighted by atomic mass is 35.5. The second kappa shape index (κ2) is 14.3. The number of carbonyl (C=O) groups is 2. The summed E-state index contributed by atoms with van der Waals surface area (Å²) in [5, 5.41) is 7.58. The molecule has 0 aliphatic carbocycles. The van der Waals surface area contributed by atoms with E-state index in [1.165, 1.54) is 0 Å². The maximum atomic E-state index is 14.0. The summed E-state index contributed by atoms with van der Waals surface area (Å²) in [6.07, 6.45) is 4.09. The van der Waals surface area contributed by atoms with E-state index in [9.17, 15) is 9.59 Å². The average Bonchev–Trinajstić information content (AvgIpc) is 2.89. The van der Waals surface area contributed by atoms with Crippen molar-refractivity contribution in [2.24, 2.45) is 5.41 Å². The van der Waals surface area contributed by atoms with Gasteiger partial charge in [0.25, 0.3) is 0 Å². The van der Waals surface area contributed by atoms with Gasteiger partial charge in [0, 0.05) is 44.9 Å². The lowest BCUT2D eigenvalue weighted by Crippen LogP contribution is -2.46. The molecule has 0 unspecified atom stereocenters. The maximum absolute atomic E-state index is 14.0. The van der Waals surface area contributed by atoms with Crippen molar-refractivity contribution in [2.75, 3.05) is 22.1 Å². The Kier molecular flexibility index (Phi) is 11.7. The normalized spacial score (nSPS) is 11.0. The van der Waals surface area contributed by atoms with Gasteiger partial charge in [0.1, 0.15) is 5.41 Å². The average molecular weight is 600 g/mol. The Morgan fingerprint density at radius 3 is 1.46 bits per heavy atom. The summed E-state index contributed by atoms with van der Waals surface area (Å²) in [4.78, 5) is 37.1. The molecule has 2 aromatic carbocycles. The highest BCUT2D eigenvalue weighted by Crippen LogP contribution is 2.36. The summed E-state index contributed by atoms with van der Waals surface area (Å²) >= 11 is 0. The van der Waals surface area contributed by atoms with E-state index < -0.39 is 5.41 Å². The number of hydrogen-bond acceptors (Lipinski definition) is 6. The number of fused-ring (bicyclic) bond motifs is 2. The number of amides is 2. The predicted octanol–water partition coefficient (Wildman–Crippen LogP) is 7.35. The first-order chi connectivity index (χ1) is 18.7. The monoisotopic (exact) mass is 598 g/mol. The third-order valence-electron chi connectivity index (χ3n) is 7.24. The van der Waals surface area contributed by atoms with Gasteiger partial charge in [-0.05, 0) is 75.2 Å². The molecule has 0 radical (unpaired) electrons. The Morgan fingerprint density at radius 1 is 0.707 bits per heavy atom. The minimum Gasteiger partial charge on any atom is -0.398 e. The number of carbonyl (C=O) groups excluding carboxylic acids is 2. The molecule has 0 atom stereocenters. The third kappa shape index (κ3) is 7.37. The van der Waals surface area contributed by atoms with Crippen LogP contribution in [0.5, 0.6) is 0 Å². The van der Waals surface area contributed by atoms with E-state index >= 15 is 0 Å². The van der Waals surface area contributed by atoms with Gasteiger partial charge in [-0.3, -0.25) is 19.6 Å². The number of nitrogens with one attached hydrogen (secondary N) is 2. The van der Waals surface area contributed by atoms with Gasteiger partial charge in [-0.25, -0.2) is 0 Å². The molecule has 8 nitrogen and oxygen atoms in total. The van der Waals surface area contributed by atoms with Gasteiger partial charge in [-0.2, -0.15) is 0 Å². The lowest BCUT2D eigenvalue weighted by Gasteiger charge is -2.31. The first-order valence-corrected chi connectivity index (χ1v) is 13.6. The van der Waals surface area contributed by atoms with Gasteiger partial charge < -0.3 is 22.1 Å². The van der Waals surface area contributed by atoms with Crippen LogP contribution in [0, 0.1) is 19.3 Å². The minimum absolute atomic E-state index is 0. The summed E-state index contributed by atoms with van der Waals surface area (Å²) in [5.41, 5.74) is 16.7. The zero-order chi connectivity index (χ0) is 28.2. The highest BCUT2D eigenvalue weighted by molar-refractivity contribution is 6.15. The van der Waals surface area contributed by atoms with Crippen LogP contribution in [0.4, 0.5) is 22.7 Å². The number of hydrogen-bond donors (Lipinski definition) is 4. The second-order valence-corrected chi connectivity index (χ2v) is 10.4.